The lowest BCUT2D eigenvalue weighted by molar-refractivity contribution is -0.140. The summed E-state index contributed by atoms with van der Waals surface area (Å²) in [7, 11) is 1.43. The van der Waals surface area contributed by atoms with Gasteiger partial charge in [0, 0.05) is 18.2 Å². The van der Waals surface area contributed by atoms with Gasteiger partial charge in [0.05, 0.1) is 7.11 Å². The van der Waals surface area contributed by atoms with Crippen molar-refractivity contribution in [3.63, 3.8) is 0 Å². The van der Waals surface area contributed by atoms with E-state index in [2.05, 4.69) is 23.6 Å². The van der Waals surface area contributed by atoms with Gasteiger partial charge < -0.3 is 4.74 Å². The highest BCUT2D eigenvalue weighted by Crippen LogP contribution is 2.22. The van der Waals surface area contributed by atoms with Gasteiger partial charge in [-0.25, -0.2) is 0 Å². The van der Waals surface area contributed by atoms with Crippen molar-refractivity contribution in [2.75, 3.05) is 7.11 Å². The molecule has 80 valence electrons. The first-order chi connectivity index (χ1) is 6.63. The van der Waals surface area contributed by atoms with Gasteiger partial charge in [-0.1, -0.05) is 6.92 Å². The maximum atomic E-state index is 10.9. The highest BCUT2D eigenvalue weighted by molar-refractivity contribution is 5.88. The maximum absolute atomic E-state index is 10.9. The average Bonchev–Trinajstić information content (AvgIpc) is 2.45. The standard InChI is InChI=1S/C11H19NO2/c1-8-7-9(2)12-10(8)5-4-6-11(13)14-3/h8-9H,4-7H2,1-3H3. The largest absolute Gasteiger partial charge is 0.469 e. The Morgan fingerprint density at radius 2 is 2.29 bits per heavy atom. The van der Waals surface area contributed by atoms with Crippen LogP contribution in [0.1, 0.15) is 39.5 Å². The van der Waals surface area contributed by atoms with E-state index in [1.807, 2.05) is 0 Å². The zero-order valence-corrected chi connectivity index (χ0v) is 9.25. The molecule has 0 spiro atoms. The first-order valence-electron chi connectivity index (χ1n) is 5.27. The third-order valence-electron chi connectivity index (χ3n) is 2.69. The second kappa shape index (κ2) is 5.13. The van der Waals surface area contributed by atoms with E-state index in [0.717, 1.165) is 19.3 Å². The smallest absolute Gasteiger partial charge is 0.305 e. The zero-order valence-electron chi connectivity index (χ0n) is 9.25. The number of ether oxygens (including phenoxy) is 1. The summed E-state index contributed by atoms with van der Waals surface area (Å²) in [6.45, 7) is 4.35. The number of carbonyl (C=O) groups is 1. The molecule has 0 N–H and O–H groups in total. The molecule has 0 radical (unpaired) electrons. The second-order valence-electron chi connectivity index (χ2n) is 4.04. The Balaban J connectivity index is 2.25. The van der Waals surface area contributed by atoms with Gasteiger partial charge in [-0.2, -0.15) is 0 Å². The number of carbonyl (C=O) groups excluding carboxylic acids is 1. The lowest BCUT2D eigenvalue weighted by Gasteiger charge is -2.05. The summed E-state index contributed by atoms with van der Waals surface area (Å²) in [5.41, 5.74) is 1.28. The summed E-state index contributed by atoms with van der Waals surface area (Å²) in [5.74, 6) is 0.479. The van der Waals surface area contributed by atoms with Crippen LogP contribution < -0.4 is 0 Å². The fourth-order valence-corrected chi connectivity index (χ4v) is 1.94. The summed E-state index contributed by atoms with van der Waals surface area (Å²) in [4.78, 5) is 15.4. The molecule has 1 aliphatic rings. The van der Waals surface area contributed by atoms with Gasteiger partial charge in [-0.05, 0) is 32.1 Å². The van der Waals surface area contributed by atoms with Gasteiger partial charge in [-0.3, -0.25) is 9.79 Å². The van der Waals surface area contributed by atoms with Crippen LogP contribution in [0.15, 0.2) is 4.99 Å². The van der Waals surface area contributed by atoms with Crippen molar-refractivity contribution < 1.29 is 9.53 Å². The minimum absolute atomic E-state index is 0.121. The number of hydrogen-bond donors (Lipinski definition) is 0. The summed E-state index contributed by atoms with van der Waals surface area (Å²) < 4.78 is 4.58. The molecule has 0 bridgehead atoms. The van der Waals surface area contributed by atoms with Crippen molar-refractivity contribution in [1.29, 1.82) is 0 Å². The first-order valence-corrected chi connectivity index (χ1v) is 5.27. The fourth-order valence-electron chi connectivity index (χ4n) is 1.94. The van der Waals surface area contributed by atoms with Crippen molar-refractivity contribution in [2.24, 2.45) is 10.9 Å². The number of esters is 1. The molecule has 0 amide bonds. The molecule has 1 rings (SSSR count). The fraction of sp³-hybridized carbons (Fsp3) is 0.818. The summed E-state index contributed by atoms with van der Waals surface area (Å²) >= 11 is 0. The molecule has 0 saturated heterocycles. The van der Waals surface area contributed by atoms with E-state index in [9.17, 15) is 4.79 Å². The lowest BCUT2D eigenvalue weighted by atomic mass is 9.99. The third kappa shape index (κ3) is 3.13. The topological polar surface area (TPSA) is 38.7 Å². The van der Waals surface area contributed by atoms with E-state index in [4.69, 9.17) is 0 Å². The quantitative estimate of drug-likeness (QED) is 0.648. The van der Waals surface area contributed by atoms with Crippen molar-refractivity contribution in [3.8, 4) is 0 Å². The van der Waals surface area contributed by atoms with E-state index >= 15 is 0 Å². The monoisotopic (exact) mass is 197 g/mol. The van der Waals surface area contributed by atoms with Gasteiger partial charge in [0.1, 0.15) is 0 Å². The minimum Gasteiger partial charge on any atom is -0.469 e. The molecule has 1 heterocycles. The van der Waals surface area contributed by atoms with Gasteiger partial charge in [-0.15, -0.1) is 0 Å². The van der Waals surface area contributed by atoms with Crippen LogP contribution in [0.4, 0.5) is 0 Å². The Hall–Kier alpha value is -0.860. The third-order valence-corrected chi connectivity index (χ3v) is 2.69. The Bertz CT molecular complexity index is 235. The average molecular weight is 197 g/mol. The molecule has 3 heteroatoms. The predicted octanol–water partition coefficient (Wildman–Crippen LogP) is 2.20. The Labute approximate surface area is 85.6 Å². The lowest BCUT2D eigenvalue weighted by Crippen LogP contribution is -2.07. The molecule has 0 fully saturated rings. The normalized spacial score (nSPS) is 26.1. The van der Waals surface area contributed by atoms with Crippen molar-refractivity contribution in [1.82, 2.24) is 0 Å². The number of aliphatic imine (C=N–C) groups is 1. The SMILES string of the molecule is COC(=O)CCCC1=NC(C)CC1C. The van der Waals surface area contributed by atoms with Crippen LogP contribution in [0.3, 0.4) is 0 Å². The molecule has 0 saturated carbocycles. The molecule has 0 aromatic rings. The molecule has 2 unspecified atom stereocenters. The number of methoxy groups -OCH3 is 1. The number of rotatable bonds is 4. The van der Waals surface area contributed by atoms with Gasteiger partial charge in [0.2, 0.25) is 0 Å². The molecule has 2 atom stereocenters. The Morgan fingerprint density at radius 1 is 1.57 bits per heavy atom. The van der Waals surface area contributed by atoms with Gasteiger partial charge >= 0.3 is 5.97 Å². The van der Waals surface area contributed by atoms with Crippen LogP contribution in [0.5, 0.6) is 0 Å². The van der Waals surface area contributed by atoms with E-state index in [1.54, 1.807) is 0 Å². The first kappa shape index (κ1) is 11.2. The molecule has 0 aromatic heterocycles. The minimum atomic E-state index is -0.121. The summed E-state index contributed by atoms with van der Waals surface area (Å²) in [6, 6.07) is 0.470. The number of nitrogens with zero attached hydrogens (tertiary/aromatic N) is 1. The van der Waals surface area contributed by atoms with Crippen molar-refractivity contribution in [2.45, 2.75) is 45.6 Å². The molecule has 1 aliphatic heterocycles. The molecule has 14 heavy (non-hydrogen) atoms. The van der Waals surface area contributed by atoms with Gasteiger partial charge in [0.15, 0.2) is 0 Å². The molecule has 3 nitrogen and oxygen atoms in total. The van der Waals surface area contributed by atoms with Crippen LogP contribution in [0, 0.1) is 5.92 Å². The molecule has 0 aliphatic carbocycles. The van der Waals surface area contributed by atoms with Crippen LogP contribution in [-0.2, 0) is 9.53 Å². The van der Waals surface area contributed by atoms with E-state index in [0.29, 0.717) is 18.4 Å². The highest BCUT2D eigenvalue weighted by Gasteiger charge is 2.20. The predicted molar refractivity (Wildman–Crippen MR) is 56.5 cm³/mol. The Kier molecular flexibility index (Phi) is 4.11. The summed E-state index contributed by atoms with van der Waals surface area (Å²) in [6.07, 6.45) is 3.48. The molecular formula is C11H19NO2. The highest BCUT2D eigenvalue weighted by atomic mass is 16.5. The summed E-state index contributed by atoms with van der Waals surface area (Å²) in [5, 5.41) is 0. The van der Waals surface area contributed by atoms with Crippen molar-refractivity contribution in [3.05, 3.63) is 0 Å². The van der Waals surface area contributed by atoms with E-state index in [1.165, 1.54) is 12.8 Å². The van der Waals surface area contributed by atoms with Gasteiger partial charge in [0.25, 0.3) is 0 Å². The van der Waals surface area contributed by atoms with Crippen molar-refractivity contribution >= 4 is 11.7 Å². The molecular weight excluding hydrogens is 178 g/mol. The van der Waals surface area contributed by atoms with Crippen LogP contribution in [-0.4, -0.2) is 24.8 Å². The Morgan fingerprint density at radius 3 is 2.79 bits per heavy atom. The second-order valence-corrected chi connectivity index (χ2v) is 4.04. The van der Waals surface area contributed by atoms with E-state index in [-0.39, 0.29) is 5.97 Å². The van der Waals surface area contributed by atoms with Crippen LogP contribution in [0.25, 0.3) is 0 Å². The maximum Gasteiger partial charge on any atom is 0.305 e. The molecule has 0 aromatic carbocycles. The zero-order chi connectivity index (χ0) is 10.6. The van der Waals surface area contributed by atoms with Crippen LogP contribution >= 0.6 is 0 Å². The van der Waals surface area contributed by atoms with E-state index < -0.39 is 0 Å². The number of hydrogen-bond acceptors (Lipinski definition) is 3. The van der Waals surface area contributed by atoms with Crippen LogP contribution in [0.2, 0.25) is 0 Å².